The van der Waals surface area contributed by atoms with Gasteiger partial charge in [-0.2, -0.15) is 5.10 Å². The first-order valence-electron chi connectivity index (χ1n) is 6.35. The van der Waals surface area contributed by atoms with Gasteiger partial charge in [0.1, 0.15) is 5.75 Å². The average Bonchev–Trinajstić information content (AvgIpc) is 2.30. The highest BCUT2D eigenvalue weighted by Gasteiger charge is 2.15. The van der Waals surface area contributed by atoms with Crippen molar-refractivity contribution >= 4 is 5.71 Å². The van der Waals surface area contributed by atoms with Gasteiger partial charge in [-0.05, 0) is 50.6 Å². The van der Waals surface area contributed by atoms with Crippen molar-refractivity contribution in [2.24, 2.45) is 11.0 Å². The van der Waals surface area contributed by atoms with Crippen LogP contribution in [-0.4, -0.2) is 11.8 Å². The predicted molar refractivity (Wildman–Crippen MR) is 74.8 cm³/mol. The zero-order valence-corrected chi connectivity index (χ0v) is 11.4. The van der Waals surface area contributed by atoms with Crippen molar-refractivity contribution in [2.45, 2.75) is 33.8 Å². The molecule has 0 saturated carbocycles. The zero-order chi connectivity index (χ0) is 13.1. The topological polar surface area (TPSA) is 33.6 Å². The highest BCUT2D eigenvalue weighted by molar-refractivity contribution is 6.03. The van der Waals surface area contributed by atoms with E-state index in [-0.39, 0.29) is 6.10 Å². The summed E-state index contributed by atoms with van der Waals surface area (Å²) in [5.41, 5.74) is 6.33. The van der Waals surface area contributed by atoms with E-state index in [1.165, 1.54) is 0 Å². The van der Waals surface area contributed by atoms with E-state index in [4.69, 9.17) is 4.74 Å². The van der Waals surface area contributed by atoms with Gasteiger partial charge in [-0.3, -0.25) is 5.43 Å². The maximum Gasteiger partial charge on any atom is 0.119 e. The molecule has 18 heavy (non-hydrogen) atoms. The second-order valence-electron chi connectivity index (χ2n) is 4.94. The fraction of sp³-hybridized carbons (Fsp3) is 0.400. The van der Waals surface area contributed by atoms with Crippen molar-refractivity contribution in [3.8, 4) is 5.75 Å². The van der Waals surface area contributed by atoms with Crippen molar-refractivity contribution in [1.29, 1.82) is 0 Å². The molecule has 3 nitrogen and oxygen atoms in total. The van der Waals surface area contributed by atoms with E-state index in [0.29, 0.717) is 5.92 Å². The molecule has 0 spiro atoms. The standard InChI is InChI=1S/C15H20N2O/c1-10(2)18-14-7-5-13(6-8-14)15-11(3)9-12(4)16-17-15/h5-11,16H,1-4H3/t11-/m1/s1. The van der Waals surface area contributed by atoms with Crippen LogP contribution in [0.2, 0.25) is 0 Å². The molecule has 1 heterocycles. The molecule has 0 radical (unpaired) electrons. The number of rotatable bonds is 3. The van der Waals surface area contributed by atoms with Gasteiger partial charge >= 0.3 is 0 Å². The summed E-state index contributed by atoms with van der Waals surface area (Å²) in [6, 6.07) is 8.11. The van der Waals surface area contributed by atoms with Gasteiger partial charge in [0.05, 0.1) is 11.8 Å². The van der Waals surface area contributed by atoms with Gasteiger partial charge in [0.2, 0.25) is 0 Å². The van der Waals surface area contributed by atoms with Crippen LogP contribution in [0.4, 0.5) is 0 Å². The Balaban J connectivity index is 2.15. The predicted octanol–water partition coefficient (Wildman–Crippen LogP) is 3.32. The maximum absolute atomic E-state index is 5.63. The van der Waals surface area contributed by atoms with E-state index in [9.17, 15) is 0 Å². The van der Waals surface area contributed by atoms with Crippen LogP contribution in [0.1, 0.15) is 33.3 Å². The number of nitrogens with zero attached hydrogens (tertiary/aromatic N) is 1. The quantitative estimate of drug-likeness (QED) is 0.885. The Hall–Kier alpha value is -1.77. The Kier molecular flexibility index (Phi) is 3.70. The van der Waals surface area contributed by atoms with E-state index in [1.807, 2.05) is 32.9 Å². The van der Waals surface area contributed by atoms with Crippen molar-refractivity contribution in [1.82, 2.24) is 5.43 Å². The third kappa shape index (κ3) is 2.92. The third-order valence-corrected chi connectivity index (χ3v) is 2.81. The average molecular weight is 244 g/mol. The summed E-state index contributed by atoms with van der Waals surface area (Å²) in [4.78, 5) is 0. The van der Waals surface area contributed by atoms with Crippen molar-refractivity contribution in [3.05, 3.63) is 41.6 Å². The summed E-state index contributed by atoms with van der Waals surface area (Å²) in [5, 5.41) is 4.41. The number of hydrogen-bond acceptors (Lipinski definition) is 3. The van der Waals surface area contributed by atoms with E-state index in [1.54, 1.807) is 0 Å². The molecular weight excluding hydrogens is 224 g/mol. The number of nitrogens with one attached hydrogen (secondary N) is 1. The molecule has 96 valence electrons. The van der Waals surface area contributed by atoms with Gasteiger partial charge < -0.3 is 4.74 Å². The summed E-state index contributed by atoms with van der Waals surface area (Å²) in [6.07, 6.45) is 2.38. The Labute approximate surface area is 109 Å². The molecule has 0 aromatic heterocycles. The number of ether oxygens (including phenoxy) is 1. The van der Waals surface area contributed by atoms with E-state index >= 15 is 0 Å². The fourth-order valence-corrected chi connectivity index (χ4v) is 2.05. The second kappa shape index (κ2) is 5.25. The Morgan fingerprint density at radius 2 is 1.89 bits per heavy atom. The molecule has 2 rings (SSSR count). The molecule has 3 heteroatoms. The van der Waals surface area contributed by atoms with E-state index in [2.05, 4.69) is 35.7 Å². The van der Waals surface area contributed by atoms with Crippen LogP contribution in [0.15, 0.2) is 41.1 Å². The Bertz CT molecular complexity index is 472. The molecule has 1 aromatic carbocycles. The molecule has 1 atom stereocenters. The molecule has 0 bridgehead atoms. The minimum Gasteiger partial charge on any atom is -0.491 e. The van der Waals surface area contributed by atoms with Crippen molar-refractivity contribution in [2.75, 3.05) is 0 Å². The highest BCUT2D eigenvalue weighted by Crippen LogP contribution is 2.19. The normalized spacial score (nSPS) is 19.1. The van der Waals surface area contributed by atoms with Crippen LogP contribution in [0.5, 0.6) is 5.75 Å². The number of hydrogen-bond donors (Lipinski definition) is 1. The lowest BCUT2D eigenvalue weighted by Crippen LogP contribution is -2.21. The summed E-state index contributed by atoms with van der Waals surface area (Å²) >= 11 is 0. The second-order valence-corrected chi connectivity index (χ2v) is 4.94. The van der Waals surface area contributed by atoms with Gasteiger partial charge in [0.25, 0.3) is 0 Å². The van der Waals surface area contributed by atoms with Crippen LogP contribution in [0.25, 0.3) is 0 Å². The zero-order valence-electron chi connectivity index (χ0n) is 11.4. The first-order valence-corrected chi connectivity index (χ1v) is 6.35. The fourth-order valence-electron chi connectivity index (χ4n) is 2.05. The van der Waals surface area contributed by atoms with Gasteiger partial charge in [0.15, 0.2) is 0 Å². The number of allylic oxidation sites excluding steroid dienone is 2. The van der Waals surface area contributed by atoms with Crippen molar-refractivity contribution in [3.63, 3.8) is 0 Å². The van der Waals surface area contributed by atoms with Gasteiger partial charge in [0, 0.05) is 11.6 Å². The first-order chi connectivity index (χ1) is 8.56. The Morgan fingerprint density at radius 1 is 1.22 bits per heavy atom. The molecule has 1 aromatic rings. The van der Waals surface area contributed by atoms with Crippen LogP contribution in [0, 0.1) is 5.92 Å². The molecule has 0 aliphatic carbocycles. The maximum atomic E-state index is 5.63. The van der Waals surface area contributed by atoms with E-state index in [0.717, 1.165) is 22.7 Å². The minimum atomic E-state index is 0.203. The summed E-state index contributed by atoms with van der Waals surface area (Å²) < 4.78 is 5.63. The number of hydrazone groups is 1. The molecule has 0 fully saturated rings. The minimum absolute atomic E-state index is 0.203. The lowest BCUT2D eigenvalue weighted by molar-refractivity contribution is 0.242. The third-order valence-electron chi connectivity index (χ3n) is 2.81. The lowest BCUT2D eigenvalue weighted by atomic mass is 9.96. The molecule has 0 amide bonds. The van der Waals surface area contributed by atoms with Crippen molar-refractivity contribution < 1.29 is 4.74 Å². The summed E-state index contributed by atoms with van der Waals surface area (Å²) in [6.45, 7) is 8.23. The molecule has 1 N–H and O–H groups in total. The van der Waals surface area contributed by atoms with Crippen LogP contribution in [-0.2, 0) is 0 Å². The highest BCUT2D eigenvalue weighted by atomic mass is 16.5. The van der Waals surface area contributed by atoms with Gasteiger partial charge in [-0.15, -0.1) is 0 Å². The number of benzene rings is 1. The van der Waals surface area contributed by atoms with Gasteiger partial charge in [-0.25, -0.2) is 0 Å². The molecule has 1 aliphatic heterocycles. The SMILES string of the molecule is CC1=C[C@@H](C)C(c2ccc(OC(C)C)cc2)=NN1. The lowest BCUT2D eigenvalue weighted by Gasteiger charge is -2.18. The monoisotopic (exact) mass is 244 g/mol. The summed E-state index contributed by atoms with van der Waals surface area (Å²) in [7, 11) is 0. The van der Waals surface area contributed by atoms with Crippen LogP contribution >= 0.6 is 0 Å². The molecule has 0 unspecified atom stereocenters. The van der Waals surface area contributed by atoms with E-state index < -0.39 is 0 Å². The summed E-state index contributed by atoms with van der Waals surface area (Å²) in [5.74, 6) is 1.24. The first kappa shape index (κ1) is 12.7. The largest absolute Gasteiger partial charge is 0.491 e. The molecule has 1 aliphatic rings. The van der Waals surface area contributed by atoms with Crippen LogP contribution < -0.4 is 10.2 Å². The molecule has 0 saturated heterocycles. The molecular formula is C15H20N2O. The smallest absolute Gasteiger partial charge is 0.119 e. The Morgan fingerprint density at radius 3 is 2.44 bits per heavy atom. The van der Waals surface area contributed by atoms with Gasteiger partial charge in [-0.1, -0.05) is 13.0 Å². The van der Waals surface area contributed by atoms with Crippen LogP contribution in [0.3, 0.4) is 0 Å².